The Morgan fingerprint density at radius 2 is 2.24 bits per heavy atom. The van der Waals surface area contributed by atoms with Gasteiger partial charge in [-0.1, -0.05) is 26.2 Å². The minimum atomic E-state index is 0.396. The molecule has 1 aliphatic carbocycles. The third kappa shape index (κ3) is 3.66. The van der Waals surface area contributed by atoms with E-state index in [9.17, 15) is 0 Å². The Kier molecular flexibility index (Phi) is 4.31. The lowest BCUT2D eigenvalue weighted by Gasteiger charge is -2.28. The van der Waals surface area contributed by atoms with Crippen molar-refractivity contribution >= 4 is 5.82 Å². The van der Waals surface area contributed by atoms with Gasteiger partial charge in [0, 0.05) is 0 Å². The summed E-state index contributed by atoms with van der Waals surface area (Å²) in [6.45, 7) is 2.81. The lowest BCUT2D eigenvalue weighted by Crippen LogP contribution is -2.22. The van der Waals surface area contributed by atoms with Gasteiger partial charge >= 0.3 is 0 Å². The Bertz CT molecular complexity index is 339. The van der Waals surface area contributed by atoms with Crippen LogP contribution in [0.5, 0.6) is 0 Å². The SMILES string of the molecule is CCC1CCCC(OCc2cnc(N)cn2)C1. The Balaban J connectivity index is 1.79. The summed E-state index contributed by atoms with van der Waals surface area (Å²) < 4.78 is 5.90. The maximum atomic E-state index is 5.90. The van der Waals surface area contributed by atoms with Crippen LogP contribution in [0.2, 0.25) is 0 Å². The molecule has 1 heterocycles. The second kappa shape index (κ2) is 5.96. The molecule has 4 nitrogen and oxygen atoms in total. The van der Waals surface area contributed by atoms with E-state index in [0.717, 1.165) is 11.6 Å². The summed E-state index contributed by atoms with van der Waals surface area (Å²) in [5, 5.41) is 0. The minimum Gasteiger partial charge on any atom is -0.382 e. The number of nitrogen functional groups attached to an aromatic ring is 1. The van der Waals surface area contributed by atoms with E-state index < -0.39 is 0 Å². The zero-order valence-electron chi connectivity index (χ0n) is 10.4. The lowest BCUT2D eigenvalue weighted by molar-refractivity contribution is 0.000241. The average molecular weight is 235 g/mol. The minimum absolute atomic E-state index is 0.396. The van der Waals surface area contributed by atoms with Crippen molar-refractivity contribution in [2.24, 2.45) is 5.92 Å². The van der Waals surface area contributed by atoms with Crippen LogP contribution < -0.4 is 5.73 Å². The van der Waals surface area contributed by atoms with E-state index in [1.165, 1.54) is 32.1 Å². The zero-order valence-corrected chi connectivity index (χ0v) is 10.4. The molecule has 2 atom stereocenters. The molecule has 1 aliphatic rings. The third-order valence-electron chi connectivity index (χ3n) is 3.50. The molecule has 94 valence electrons. The van der Waals surface area contributed by atoms with Gasteiger partial charge in [-0.05, 0) is 18.8 Å². The van der Waals surface area contributed by atoms with Crippen LogP contribution in [0.1, 0.15) is 44.7 Å². The lowest BCUT2D eigenvalue weighted by atomic mass is 9.85. The molecule has 0 radical (unpaired) electrons. The van der Waals surface area contributed by atoms with Crippen molar-refractivity contribution in [2.75, 3.05) is 5.73 Å². The maximum Gasteiger partial charge on any atom is 0.141 e. The highest BCUT2D eigenvalue weighted by Crippen LogP contribution is 2.28. The van der Waals surface area contributed by atoms with Crippen molar-refractivity contribution in [3.8, 4) is 0 Å². The Morgan fingerprint density at radius 3 is 2.94 bits per heavy atom. The fourth-order valence-corrected chi connectivity index (χ4v) is 2.41. The van der Waals surface area contributed by atoms with Crippen LogP contribution in [-0.2, 0) is 11.3 Å². The average Bonchev–Trinajstić information content (AvgIpc) is 2.38. The summed E-state index contributed by atoms with van der Waals surface area (Å²) in [4.78, 5) is 8.20. The second-order valence-electron chi connectivity index (χ2n) is 4.81. The van der Waals surface area contributed by atoms with E-state index in [1.807, 2.05) is 0 Å². The van der Waals surface area contributed by atoms with Gasteiger partial charge in [0.2, 0.25) is 0 Å². The molecule has 2 rings (SSSR count). The van der Waals surface area contributed by atoms with Gasteiger partial charge in [0.25, 0.3) is 0 Å². The van der Waals surface area contributed by atoms with Crippen molar-refractivity contribution in [2.45, 2.75) is 51.7 Å². The molecule has 1 aromatic heterocycles. The zero-order chi connectivity index (χ0) is 12.1. The summed E-state index contributed by atoms with van der Waals surface area (Å²) in [6, 6.07) is 0. The van der Waals surface area contributed by atoms with Crippen LogP contribution in [0.25, 0.3) is 0 Å². The number of hydrogen-bond acceptors (Lipinski definition) is 4. The standard InChI is InChI=1S/C13H21N3O/c1-2-10-4-3-5-12(6-10)17-9-11-7-16-13(14)8-15-11/h7-8,10,12H,2-6,9H2,1H3,(H2,14,16). The molecule has 0 amide bonds. The Labute approximate surface area is 103 Å². The van der Waals surface area contributed by atoms with Crippen molar-refractivity contribution < 1.29 is 4.74 Å². The number of rotatable bonds is 4. The number of hydrogen-bond donors (Lipinski definition) is 1. The molecule has 2 N–H and O–H groups in total. The fourth-order valence-electron chi connectivity index (χ4n) is 2.41. The van der Waals surface area contributed by atoms with Crippen LogP contribution in [0.3, 0.4) is 0 Å². The molecule has 17 heavy (non-hydrogen) atoms. The predicted molar refractivity (Wildman–Crippen MR) is 67.3 cm³/mol. The number of nitrogens with two attached hydrogens (primary N) is 1. The molecule has 0 spiro atoms. The summed E-state index contributed by atoms with van der Waals surface area (Å²) in [6.07, 6.45) is 9.95. The van der Waals surface area contributed by atoms with Gasteiger partial charge < -0.3 is 10.5 Å². The smallest absolute Gasteiger partial charge is 0.141 e. The van der Waals surface area contributed by atoms with E-state index in [4.69, 9.17) is 10.5 Å². The van der Waals surface area contributed by atoms with Crippen LogP contribution in [0.15, 0.2) is 12.4 Å². The van der Waals surface area contributed by atoms with E-state index in [2.05, 4.69) is 16.9 Å². The van der Waals surface area contributed by atoms with Gasteiger partial charge in [-0.3, -0.25) is 4.98 Å². The van der Waals surface area contributed by atoms with Crippen molar-refractivity contribution in [3.05, 3.63) is 18.1 Å². The van der Waals surface area contributed by atoms with Crippen molar-refractivity contribution in [1.82, 2.24) is 9.97 Å². The van der Waals surface area contributed by atoms with E-state index in [0.29, 0.717) is 18.5 Å². The van der Waals surface area contributed by atoms with E-state index >= 15 is 0 Å². The molecule has 0 aliphatic heterocycles. The van der Waals surface area contributed by atoms with Gasteiger partial charge in [-0.25, -0.2) is 4.98 Å². The number of aromatic nitrogens is 2. The second-order valence-corrected chi connectivity index (χ2v) is 4.81. The number of anilines is 1. The van der Waals surface area contributed by atoms with Gasteiger partial charge in [0.05, 0.1) is 30.8 Å². The van der Waals surface area contributed by atoms with Crippen LogP contribution >= 0.6 is 0 Å². The first-order valence-corrected chi connectivity index (χ1v) is 6.46. The third-order valence-corrected chi connectivity index (χ3v) is 3.50. The molecule has 1 aromatic rings. The highest BCUT2D eigenvalue weighted by atomic mass is 16.5. The largest absolute Gasteiger partial charge is 0.382 e. The summed E-state index contributed by atoms with van der Waals surface area (Å²) in [5.41, 5.74) is 6.35. The van der Waals surface area contributed by atoms with Crippen LogP contribution in [-0.4, -0.2) is 16.1 Å². The van der Waals surface area contributed by atoms with E-state index in [-0.39, 0.29) is 0 Å². The van der Waals surface area contributed by atoms with Gasteiger partial charge in [0.1, 0.15) is 5.82 Å². The predicted octanol–water partition coefficient (Wildman–Crippen LogP) is 2.54. The van der Waals surface area contributed by atoms with Gasteiger partial charge in [-0.15, -0.1) is 0 Å². The topological polar surface area (TPSA) is 61.0 Å². The van der Waals surface area contributed by atoms with Gasteiger partial charge in [-0.2, -0.15) is 0 Å². The normalized spacial score (nSPS) is 24.8. The molecule has 1 fully saturated rings. The molecule has 0 bridgehead atoms. The molecule has 1 saturated carbocycles. The highest BCUT2D eigenvalue weighted by molar-refractivity contribution is 5.22. The Hall–Kier alpha value is -1.16. The molecule has 4 heteroatoms. The first-order valence-electron chi connectivity index (χ1n) is 6.46. The first kappa shape index (κ1) is 12.3. The van der Waals surface area contributed by atoms with Gasteiger partial charge in [0.15, 0.2) is 0 Å². The molecule has 2 unspecified atom stereocenters. The van der Waals surface area contributed by atoms with Crippen molar-refractivity contribution in [3.63, 3.8) is 0 Å². The molecule has 0 saturated heterocycles. The summed E-state index contributed by atoms with van der Waals surface area (Å²) in [5.74, 6) is 1.30. The molecule has 0 aromatic carbocycles. The highest BCUT2D eigenvalue weighted by Gasteiger charge is 2.21. The monoisotopic (exact) mass is 235 g/mol. The van der Waals surface area contributed by atoms with Crippen molar-refractivity contribution in [1.29, 1.82) is 0 Å². The Morgan fingerprint density at radius 1 is 1.35 bits per heavy atom. The summed E-state index contributed by atoms with van der Waals surface area (Å²) in [7, 11) is 0. The number of ether oxygens (including phenoxy) is 1. The van der Waals surface area contributed by atoms with Crippen LogP contribution in [0, 0.1) is 5.92 Å². The number of nitrogens with zero attached hydrogens (tertiary/aromatic N) is 2. The maximum absolute atomic E-state index is 5.90. The molecular formula is C13H21N3O. The van der Waals surface area contributed by atoms with Crippen LogP contribution in [0.4, 0.5) is 5.82 Å². The van der Waals surface area contributed by atoms with E-state index in [1.54, 1.807) is 12.4 Å². The quantitative estimate of drug-likeness (QED) is 0.871. The summed E-state index contributed by atoms with van der Waals surface area (Å²) >= 11 is 0. The fraction of sp³-hybridized carbons (Fsp3) is 0.692. The first-order chi connectivity index (χ1) is 8.28. The molecular weight excluding hydrogens is 214 g/mol.